The van der Waals surface area contributed by atoms with Crippen LogP contribution in [0.3, 0.4) is 0 Å². The molecule has 168 valence electrons. The minimum Gasteiger partial charge on any atom is -0.506 e. The number of anilines is 2. The zero-order valence-corrected chi connectivity index (χ0v) is 18.9. The number of nitrogens with one attached hydrogen (secondary N) is 2. The van der Waals surface area contributed by atoms with Gasteiger partial charge in [0, 0.05) is 26.3 Å². The third kappa shape index (κ3) is 6.74. The van der Waals surface area contributed by atoms with E-state index in [1.807, 2.05) is 27.7 Å². The molecule has 0 aliphatic heterocycles. The van der Waals surface area contributed by atoms with Crippen LogP contribution < -0.4 is 10.6 Å². The highest BCUT2D eigenvalue weighted by Gasteiger charge is 2.11. The van der Waals surface area contributed by atoms with Crippen molar-refractivity contribution in [1.29, 1.82) is 0 Å². The first-order valence-corrected chi connectivity index (χ1v) is 10.2. The van der Waals surface area contributed by atoms with E-state index < -0.39 is 0 Å². The van der Waals surface area contributed by atoms with Crippen LogP contribution >= 0.6 is 0 Å². The predicted octanol–water partition coefficient (Wildman–Crippen LogP) is 3.01. The molecule has 0 radical (unpaired) electrons. The summed E-state index contributed by atoms with van der Waals surface area (Å²) in [6.07, 6.45) is 1.39. The number of hydrogen-bond acceptors (Lipinski definition) is 8. The minimum absolute atomic E-state index is 0.169. The van der Waals surface area contributed by atoms with E-state index in [9.17, 15) is 10.2 Å². The summed E-state index contributed by atoms with van der Waals surface area (Å²) in [4.78, 5) is 8.52. The van der Waals surface area contributed by atoms with E-state index in [1.165, 1.54) is 0 Å². The van der Waals surface area contributed by atoms with Crippen LogP contribution in [0.1, 0.15) is 46.5 Å². The Kier molecular flexibility index (Phi) is 10.3. The number of nitrogens with zero attached hydrogens (tertiary/aromatic N) is 2. The molecule has 0 atom stereocenters. The number of pyridine rings is 2. The number of hydrogen-bond donors (Lipinski definition) is 6. The highest BCUT2D eigenvalue weighted by molar-refractivity contribution is 5.55. The van der Waals surface area contributed by atoms with Crippen LogP contribution in [0, 0.1) is 41.5 Å². The standard InChI is InChI=1S/2C11H18N2O2/c2*1-7-8(2)11(12-5-4-6-14)13-9(3)10(7)15/h2*14-15H,4-6H2,1-3H3,(H,12,13). The van der Waals surface area contributed by atoms with Gasteiger partial charge in [0.05, 0.1) is 11.4 Å². The van der Waals surface area contributed by atoms with Gasteiger partial charge < -0.3 is 31.1 Å². The summed E-state index contributed by atoms with van der Waals surface area (Å²) in [6, 6.07) is 0. The largest absolute Gasteiger partial charge is 0.506 e. The van der Waals surface area contributed by atoms with Crippen molar-refractivity contribution < 1.29 is 20.4 Å². The molecule has 0 unspecified atom stereocenters. The third-order valence-corrected chi connectivity index (χ3v) is 5.04. The highest BCUT2D eigenvalue weighted by Crippen LogP contribution is 2.28. The molecule has 2 heterocycles. The maximum Gasteiger partial charge on any atom is 0.140 e. The van der Waals surface area contributed by atoms with Crippen molar-refractivity contribution in [2.45, 2.75) is 54.4 Å². The van der Waals surface area contributed by atoms with Gasteiger partial charge in [-0.05, 0) is 76.6 Å². The smallest absolute Gasteiger partial charge is 0.140 e. The van der Waals surface area contributed by atoms with Gasteiger partial charge in [-0.2, -0.15) is 0 Å². The SMILES string of the molecule is Cc1nc(NCCCO)c(C)c(C)c1O.Cc1nc(NCCCO)c(C)c(C)c1O. The fourth-order valence-electron chi connectivity index (χ4n) is 2.78. The number of aromatic nitrogens is 2. The fraction of sp³-hybridized carbons (Fsp3) is 0.545. The molecule has 0 amide bonds. The van der Waals surface area contributed by atoms with Crippen LogP contribution in [0.15, 0.2) is 0 Å². The quantitative estimate of drug-likeness (QED) is 0.359. The molecule has 0 aliphatic carbocycles. The summed E-state index contributed by atoms with van der Waals surface area (Å²) in [5, 5.41) is 42.9. The molecule has 0 spiro atoms. The van der Waals surface area contributed by atoms with Gasteiger partial charge in [-0.1, -0.05) is 0 Å². The molecule has 0 saturated heterocycles. The predicted molar refractivity (Wildman–Crippen MR) is 121 cm³/mol. The lowest BCUT2D eigenvalue weighted by atomic mass is 10.1. The first-order valence-electron chi connectivity index (χ1n) is 10.2. The second kappa shape index (κ2) is 12.2. The maximum atomic E-state index is 9.65. The van der Waals surface area contributed by atoms with E-state index in [1.54, 1.807) is 13.8 Å². The monoisotopic (exact) mass is 420 g/mol. The van der Waals surface area contributed by atoms with Crippen molar-refractivity contribution in [3.63, 3.8) is 0 Å². The molecule has 8 heteroatoms. The zero-order chi connectivity index (χ0) is 22.8. The van der Waals surface area contributed by atoms with Crippen molar-refractivity contribution in [3.05, 3.63) is 33.6 Å². The Labute approximate surface area is 179 Å². The molecule has 0 saturated carbocycles. The lowest BCUT2D eigenvalue weighted by Crippen LogP contribution is -2.08. The molecular formula is C22H36N4O4. The summed E-state index contributed by atoms with van der Waals surface area (Å²) < 4.78 is 0. The molecule has 2 rings (SSSR count). The molecule has 30 heavy (non-hydrogen) atoms. The van der Waals surface area contributed by atoms with Crippen molar-refractivity contribution >= 4 is 11.6 Å². The Morgan fingerprint density at radius 1 is 0.600 bits per heavy atom. The van der Waals surface area contributed by atoms with Crippen LogP contribution in [-0.2, 0) is 0 Å². The van der Waals surface area contributed by atoms with Crippen LogP contribution in [0.25, 0.3) is 0 Å². The number of rotatable bonds is 8. The Hall–Kier alpha value is -2.58. The zero-order valence-electron chi connectivity index (χ0n) is 18.9. The van der Waals surface area contributed by atoms with E-state index in [0.717, 1.165) is 33.9 Å². The molecule has 0 bridgehead atoms. The topological polar surface area (TPSA) is 131 Å². The summed E-state index contributed by atoms with van der Waals surface area (Å²) in [7, 11) is 0. The Morgan fingerprint density at radius 3 is 1.23 bits per heavy atom. The van der Waals surface area contributed by atoms with Crippen LogP contribution in [0.5, 0.6) is 11.5 Å². The van der Waals surface area contributed by atoms with Gasteiger partial charge in [0.1, 0.15) is 23.1 Å². The van der Waals surface area contributed by atoms with E-state index in [4.69, 9.17) is 10.2 Å². The van der Waals surface area contributed by atoms with Gasteiger partial charge in [-0.15, -0.1) is 0 Å². The highest BCUT2D eigenvalue weighted by atomic mass is 16.3. The van der Waals surface area contributed by atoms with Gasteiger partial charge in [-0.3, -0.25) is 0 Å². The van der Waals surface area contributed by atoms with Crippen molar-refractivity contribution in [1.82, 2.24) is 9.97 Å². The Balaban J connectivity index is 0.000000300. The van der Waals surface area contributed by atoms with E-state index in [-0.39, 0.29) is 24.7 Å². The second-order valence-electron chi connectivity index (χ2n) is 7.30. The summed E-state index contributed by atoms with van der Waals surface area (Å²) in [6.45, 7) is 12.9. The first-order chi connectivity index (χ1) is 14.1. The number of aliphatic hydroxyl groups is 2. The van der Waals surface area contributed by atoms with Crippen molar-refractivity contribution in [2.24, 2.45) is 0 Å². The Morgan fingerprint density at radius 2 is 0.933 bits per heavy atom. The number of aromatic hydroxyl groups is 2. The third-order valence-electron chi connectivity index (χ3n) is 5.04. The average molecular weight is 421 g/mol. The van der Waals surface area contributed by atoms with Crippen LogP contribution in [0.4, 0.5) is 11.6 Å². The van der Waals surface area contributed by atoms with Crippen molar-refractivity contribution in [3.8, 4) is 11.5 Å². The molecule has 0 aliphatic rings. The van der Waals surface area contributed by atoms with Gasteiger partial charge in [0.25, 0.3) is 0 Å². The molecule has 2 aromatic rings. The van der Waals surface area contributed by atoms with Gasteiger partial charge in [-0.25, -0.2) is 9.97 Å². The van der Waals surface area contributed by atoms with Gasteiger partial charge in [0.15, 0.2) is 0 Å². The second-order valence-corrected chi connectivity index (χ2v) is 7.30. The van der Waals surface area contributed by atoms with Crippen LogP contribution in [-0.4, -0.2) is 56.7 Å². The first kappa shape index (κ1) is 25.5. The summed E-state index contributed by atoms with van der Waals surface area (Å²) in [5.41, 5.74) is 4.88. The number of aryl methyl sites for hydroxylation is 2. The lowest BCUT2D eigenvalue weighted by molar-refractivity contribution is 0.292. The summed E-state index contributed by atoms with van der Waals surface area (Å²) in [5.74, 6) is 2.10. The van der Waals surface area contributed by atoms with Crippen molar-refractivity contribution in [2.75, 3.05) is 36.9 Å². The molecular weight excluding hydrogens is 384 g/mol. The van der Waals surface area contributed by atoms with Gasteiger partial charge >= 0.3 is 0 Å². The van der Waals surface area contributed by atoms with E-state index in [0.29, 0.717) is 37.3 Å². The molecule has 0 aromatic carbocycles. The maximum absolute atomic E-state index is 9.65. The summed E-state index contributed by atoms with van der Waals surface area (Å²) >= 11 is 0. The van der Waals surface area contributed by atoms with E-state index in [2.05, 4.69) is 20.6 Å². The van der Waals surface area contributed by atoms with E-state index >= 15 is 0 Å². The van der Waals surface area contributed by atoms with Gasteiger partial charge in [0.2, 0.25) is 0 Å². The Bertz CT molecular complexity index is 771. The fourth-order valence-corrected chi connectivity index (χ4v) is 2.78. The number of aliphatic hydroxyl groups excluding tert-OH is 2. The normalized spacial score (nSPS) is 10.4. The lowest BCUT2D eigenvalue weighted by Gasteiger charge is -2.13. The average Bonchev–Trinajstić information content (AvgIpc) is 2.73. The molecule has 8 nitrogen and oxygen atoms in total. The van der Waals surface area contributed by atoms with Crippen LogP contribution in [0.2, 0.25) is 0 Å². The minimum atomic E-state index is 0.169. The molecule has 2 aromatic heterocycles. The molecule has 6 N–H and O–H groups in total. The molecule has 0 fully saturated rings.